The summed E-state index contributed by atoms with van der Waals surface area (Å²) in [5.74, 6) is 0.520. The third-order valence-corrected chi connectivity index (χ3v) is 5.39. The number of rotatable bonds is 9. The van der Waals surface area contributed by atoms with Crippen LogP contribution in [-0.4, -0.2) is 50.3 Å². The number of nitrogens with one attached hydrogen (secondary N) is 1. The van der Waals surface area contributed by atoms with Gasteiger partial charge in [-0.25, -0.2) is 4.39 Å². The summed E-state index contributed by atoms with van der Waals surface area (Å²) in [6.07, 6.45) is 1.04. The zero-order valence-corrected chi connectivity index (χ0v) is 17.9. The van der Waals surface area contributed by atoms with E-state index in [2.05, 4.69) is 26.1 Å². The van der Waals surface area contributed by atoms with Gasteiger partial charge in [0.15, 0.2) is 0 Å². The molecule has 0 bridgehead atoms. The lowest BCUT2D eigenvalue weighted by Crippen LogP contribution is -2.43. The van der Waals surface area contributed by atoms with E-state index in [4.69, 9.17) is 9.47 Å². The summed E-state index contributed by atoms with van der Waals surface area (Å²) < 4.78 is 25.4. The minimum Gasteiger partial charge on any atom is -0.494 e. The van der Waals surface area contributed by atoms with Gasteiger partial charge in [-0.2, -0.15) is 0 Å². The number of halogens is 2. The largest absolute Gasteiger partial charge is 0.494 e. The van der Waals surface area contributed by atoms with Crippen LogP contribution in [0.15, 0.2) is 53.0 Å². The Morgan fingerprint density at radius 3 is 2.52 bits per heavy atom. The summed E-state index contributed by atoms with van der Waals surface area (Å²) in [5.41, 5.74) is 0.993. The highest BCUT2D eigenvalue weighted by Gasteiger charge is 2.23. The number of carbonyl (C=O) groups excluding carboxylic acids is 1. The third kappa shape index (κ3) is 7.10. The molecule has 156 valence electrons. The molecule has 0 unspecified atom stereocenters. The van der Waals surface area contributed by atoms with E-state index in [0.29, 0.717) is 39.2 Å². The van der Waals surface area contributed by atoms with Crippen LogP contribution in [0.3, 0.4) is 0 Å². The van der Waals surface area contributed by atoms with E-state index in [-0.39, 0.29) is 17.8 Å². The van der Waals surface area contributed by atoms with Crippen molar-refractivity contribution in [3.63, 3.8) is 0 Å². The average molecular weight is 465 g/mol. The summed E-state index contributed by atoms with van der Waals surface area (Å²) in [6.45, 7) is 3.88. The molecule has 1 aliphatic rings. The van der Waals surface area contributed by atoms with E-state index in [9.17, 15) is 9.18 Å². The van der Waals surface area contributed by atoms with Crippen molar-refractivity contribution in [3.05, 3.63) is 64.4 Å². The molecule has 1 saturated heterocycles. The minimum absolute atomic E-state index is 0.00228. The Kier molecular flexibility index (Phi) is 8.46. The lowest BCUT2D eigenvalue weighted by Gasteiger charge is -2.35. The van der Waals surface area contributed by atoms with E-state index in [1.807, 2.05) is 24.3 Å². The van der Waals surface area contributed by atoms with E-state index in [1.165, 1.54) is 12.1 Å². The van der Waals surface area contributed by atoms with Crippen molar-refractivity contribution in [2.45, 2.75) is 18.9 Å². The Bertz CT molecular complexity index is 765. The number of amides is 1. The van der Waals surface area contributed by atoms with Gasteiger partial charge in [-0.1, -0.05) is 28.1 Å². The summed E-state index contributed by atoms with van der Waals surface area (Å²) in [6, 6.07) is 14.1. The second-order valence-electron chi connectivity index (χ2n) is 6.93. The highest BCUT2D eigenvalue weighted by molar-refractivity contribution is 9.10. The second-order valence-corrected chi connectivity index (χ2v) is 7.84. The summed E-state index contributed by atoms with van der Waals surface area (Å²) in [5, 5.41) is 3.02. The number of morpholine rings is 1. The fourth-order valence-electron chi connectivity index (χ4n) is 3.28. The SMILES string of the molecule is O=C(CCCOc1ccc(Br)cc1)NC[C@H](c1ccc(F)cc1)N1CCOCC1. The van der Waals surface area contributed by atoms with Gasteiger partial charge >= 0.3 is 0 Å². The molecule has 0 aromatic heterocycles. The van der Waals surface area contributed by atoms with Crippen LogP contribution < -0.4 is 10.1 Å². The number of ether oxygens (including phenoxy) is 2. The quantitative estimate of drug-likeness (QED) is 0.571. The first-order chi connectivity index (χ1) is 14.1. The summed E-state index contributed by atoms with van der Waals surface area (Å²) in [4.78, 5) is 14.6. The molecular weight excluding hydrogens is 439 g/mol. The van der Waals surface area contributed by atoms with Crippen LogP contribution in [-0.2, 0) is 9.53 Å². The van der Waals surface area contributed by atoms with Crippen LogP contribution in [0.4, 0.5) is 4.39 Å². The first-order valence-corrected chi connectivity index (χ1v) is 10.6. The van der Waals surface area contributed by atoms with Crippen molar-refractivity contribution >= 4 is 21.8 Å². The van der Waals surface area contributed by atoms with Gasteiger partial charge in [-0.15, -0.1) is 0 Å². The van der Waals surface area contributed by atoms with Crippen LogP contribution in [0.2, 0.25) is 0 Å². The fourth-order valence-corrected chi connectivity index (χ4v) is 3.55. The van der Waals surface area contributed by atoms with Crippen LogP contribution >= 0.6 is 15.9 Å². The molecule has 1 N–H and O–H groups in total. The Labute approximate surface area is 179 Å². The molecule has 0 aliphatic carbocycles. The maximum atomic E-state index is 13.3. The second kappa shape index (κ2) is 11.3. The smallest absolute Gasteiger partial charge is 0.220 e. The van der Waals surface area contributed by atoms with E-state index in [1.54, 1.807) is 12.1 Å². The molecular formula is C22H26BrFN2O3. The van der Waals surface area contributed by atoms with Gasteiger partial charge in [-0.05, 0) is 48.4 Å². The van der Waals surface area contributed by atoms with Gasteiger partial charge in [0.25, 0.3) is 0 Å². The van der Waals surface area contributed by atoms with Crippen molar-refractivity contribution in [1.82, 2.24) is 10.2 Å². The average Bonchev–Trinajstić information content (AvgIpc) is 2.75. The molecule has 2 aromatic rings. The Hall–Kier alpha value is -1.96. The Morgan fingerprint density at radius 1 is 1.14 bits per heavy atom. The zero-order valence-electron chi connectivity index (χ0n) is 16.3. The monoisotopic (exact) mass is 464 g/mol. The van der Waals surface area contributed by atoms with E-state index in [0.717, 1.165) is 28.9 Å². The molecule has 2 aromatic carbocycles. The number of hydrogen-bond acceptors (Lipinski definition) is 4. The van der Waals surface area contributed by atoms with Crippen molar-refractivity contribution in [3.8, 4) is 5.75 Å². The van der Waals surface area contributed by atoms with Crippen molar-refractivity contribution in [2.75, 3.05) is 39.5 Å². The molecule has 5 nitrogen and oxygen atoms in total. The van der Waals surface area contributed by atoms with Gasteiger partial charge in [0.05, 0.1) is 25.9 Å². The highest BCUT2D eigenvalue weighted by atomic mass is 79.9. The molecule has 3 rings (SSSR count). The van der Waals surface area contributed by atoms with E-state index >= 15 is 0 Å². The normalized spacial score (nSPS) is 15.7. The molecule has 0 radical (unpaired) electrons. The van der Waals surface area contributed by atoms with Crippen molar-refractivity contribution in [1.29, 1.82) is 0 Å². The fraction of sp³-hybridized carbons (Fsp3) is 0.409. The van der Waals surface area contributed by atoms with Gasteiger partial charge in [0, 0.05) is 30.5 Å². The standard InChI is InChI=1S/C22H26BrFN2O3/c23-18-5-9-20(10-6-18)29-13-1-2-22(27)25-16-21(26-11-14-28-15-12-26)17-3-7-19(24)8-4-17/h3-10,21H,1-2,11-16H2,(H,25,27)/t21-/m1/s1. The van der Waals surface area contributed by atoms with E-state index < -0.39 is 0 Å². The maximum absolute atomic E-state index is 13.3. The molecule has 0 saturated carbocycles. The van der Waals surface area contributed by atoms with Crippen LogP contribution in [0.1, 0.15) is 24.4 Å². The van der Waals surface area contributed by atoms with Gasteiger partial charge in [0.1, 0.15) is 11.6 Å². The van der Waals surface area contributed by atoms with Gasteiger partial charge < -0.3 is 14.8 Å². The summed E-state index contributed by atoms with van der Waals surface area (Å²) >= 11 is 3.39. The predicted octanol–water partition coefficient (Wildman–Crippen LogP) is 3.94. The van der Waals surface area contributed by atoms with Crippen molar-refractivity contribution < 1.29 is 18.7 Å². The lowest BCUT2D eigenvalue weighted by molar-refractivity contribution is -0.121. The van der Waals surface area contributed by atoms with Gasteiger partial charge in [-0.3, -0.25) is 9.69 Å². The maximum Gasteiger partial charge on any atom is 0.220 e. The molecule has 1 amide bonds. The summed E-state index contributed by atoms with van der Waals surface area (Å²) in [7, 11) is 0. The number of carbonyl (C=O) groups is 1. The first-order valence-electron chi connectivity index (χ1n) is 9.84. The molecule has 0 spiro atoms. The van der Waals surface area contributed by atoms with Crippen LogP contribution in [0, 0.1) is 5.82 Å². The molecule has 1 atom stereocenters. The highest BCUT2D eigenvalue weighted by Crippen LogP contribution is 2.22. The Morgan fingerprint density at radius 2 is 1.83 bits per heavy atom. The topological polar surface area (TPSA) is 50.8 Å². The van der Waals surface area contributed by atoms with Crippen LogP contribution in [0.5, 0.6) is 5.75 Å². The Balaban J connectivity index is 1.45. The third-order valence-electron chi connectivity index (χ3n) is 4.86. The zero-order chi connectivity index (χ0) is 20.5. The molecule has 7 heteroatoms. The number of nitrogens with zero attached hydrogens (tertiary/aromatic N) is 1. The lowest BCUT2D eigenvalue weighted by atomic mass is 10.0. The number of benzene rings is 2. The first kappa shape index (κ1) is 21.7. The van der Waals surface area contributed by atoms with Crippen LogP contribution in [0.25, 0.3) is 0 Å². The molecule has 1 heterocycles. The number of hydrogen-bond donors (Lipinski definition) is 1. The molecule has 1 fully saturated rings. The molecule has 1 aliphatic heterocycles. The molecule has 29 heavy (non-hydrogen) atoms. The van der Waals surface area contributed by atoms with Gasteiger partial charge in [0.2, 0.25) is 5.91 Å². The van der Waals surface area contributed by atoms with Crippen molar-refractivity contribution in [2.24, 2.45) is 0 Å². The minimum atomic E-state index is -0.260. The predicted molar refractivity (Wildman–Crippen MR) is 113 cm³/mol.